The van der Waals surface area contributed by atoms with Gasteiger partial charge in [0.15, 0.2) is 0 Å². The van der Waals surface area contributed by atoms with E-state index in [0.717, 1.165) is 66.4 Å². The summed E-state index contributed by atoms with van der Waals surface area (Å²) in [6.07, 6.45) is 5.65. The van der Waals surface area contributed by atoms with Crippen LogP contribution in [-0.4, -0.2) is 74.7 Å². The quantitative estimate of drug-likeness (QED) is 0.579. The standard InChI is InChI=1S/C25H28N8O3/c1-36-19-2-3-20-16(10-19)4-9-33(25(35)29-20)18-5-7-31(8-6-18)23-11-21(26-15-27-23)24(34)32-13-17-12-28-30-22(17)14-32/h2-3,10-12,15,18H,4-9,13-14H2,1H3,(H,28,30)(H,29,35). The van der Waals surface area contributed by atoms with Gasteiger partial charge in [-0.25, -0.2) is 14.8 Å². The number of nitrogens with zero attached hydrogens (tertiary/aromatic N) is 6. The Morgan fingerprint density at radius 3 is 2.75 bits per heavy atom. The third kappa shape index (κ3) is 4.10. The van der Waals surface area contributed by atoms with E-state index in [4.69, 9.17) is 4.74 Å². The van der Waals surface area contributed by atoms with Crippen LogP contribution in [0.1, 0.15) is 40.2 Å². The van der Waals surface area contributed by atoms with Crippen LogP contribution in [0.3, 0.4) is 0 Å². The van der Waals surface area contributed by atoms with Crippen LogP contribution in [0.5, 0.6) is 5.75 Å². The van der Waals surface area contributed by atoms with E-state index < -0.39 is 0 Å². The second-order valence-electron chi connectivity index (χ2n) is 9.41. The van der Waals surface area contributed by atoms with Gasteiger partial charge >= 0.3 is 6.03 Å². The normalized spacial score (nSPS) is 17.9. The summed E-state index contributed by atoms with van der Waals surface area (Å²) in [4.78, 5) is 40.6. The highest BCUT2D eigenvalue weighted by Crippen LogP contribution is 2.29. The van der Waals surface area contributed by atoms with E-state index in [1.165, 1.54) is 6.33 Å². The highest BCUT2D eigenvalue weighted by molar-refractivity contribution is 5.93. The Morgan fingerprint density at radius 2 is 1.94 bits per heavy atom. The Kier molecular flexibility index (Phi) is 5.67. The van der Waals surface area contributed by atoms with E-state index in [9.17, 15) is 9.59 Å². The van der Waals surface area contributed by atoms with Crippen molar-refractivity contribution in [2.75, 3.05) is 37.0 Å². The molecule has 36 heavy (non-hydrogen) atoms. The van der Waals surface area contributed by atoms with Gasteiger partial charge in [0.05, 0.1) is 25.5 Å². The van der Waals surface area contributed by atoms with Crippen LogP contribution in [0.25, 0.3) is 0 Å². The van der Waals surface area contributed by atoms with Crippen LogP contribution in [0.4, 0.5) is 16.3 Å². The van der Waals surface area contributed by atoms with E-state index in [1.54, 1.807) is 24.3 Å². The average Bonchev–Trinajstić information content (AvgIpc) is 3.48. The lowest BCUT2D eigenvalue weighted by atomic mass is 10.0. The minimum absolute atomic E-state index is 0.0575. The zero-order valence-corrected chi connectivity index (χ0v) is 20.1. The molecule has 0 unspecified atom stereocenters. The number of aromatic nitrogens is 4. The van der Waals surface area contributed by atoms with Crippen LogP contribution >= 0.6 is 0 Å². The molecule has 11 nitrogen and oxygen atoms in total. The van der Waals surface area contributed by atoms with E-state index in [1.807, 2.05) is 23.1 Å². The second-order valence-corrected chi connectivity index (χ2v) is 9.41. The molecule has 0 atom stereocenters. The molecule has 3 aromatic rings. The van der Waals surface area contributed by atoms with Crippen molar-refractivity contribution in [3.05, 3.63) is 59.3 Å². The molecule has 1 fully saturated rings. The van der Waals surface area contributed by atoms with Crippen LogP contribution < -0.4 is 15.0 Å². The van der Waals surface area contributed by atoms with Crippen LogP contribution in [-0.2, 0) is 19.5 Å². The number of fused-ring (bicyclic) bond motifs is 2. The molecule has 3 aliphatic rings. The molecule has 0 spiro atoms. The summed E-state index contributed by atoms with van der Waals surface area (Å²) in [6.45, 7) is 3.20. The monoisotopic (exact) mass is 488 g/mol. The number of hydrogen-bond donors (Lipinski definition) is 2. The molecular weight excluding hydrogens is 460 g/mol. The molecule has 11 heteroatoms. The minimum Gasteiger partial charge on any atom is -0.497 e. The summed E-state index contributed by atoms with van der Waals surface area (Å²) in [5, 5.41) is 10.0. The Balaban J connectivity index is 1.09. The highest BCUT2D eigenvalue weighted by Gasteiger charge is 2.31. The second kappa shape index (κ2) is 9.14. The first-order chi connectivity index (χ1) is 17.6. The molecule has 2 aromatic heterocycles. The molecular formula is C25H28N8O3. The number of H-pyrrole nitrogens is 1. The first-order valence-electron chi connectivity index (χ1n) is 12.2. The number of anilines is 2. The largest absolute Gasteiger partial charge is 0.497 e. The number of urea groups is 1. The number of carbonyl (C=O) groups is 2. The maximum Gasteiger partial charge on any atom is 0.322 e. The fourth-order valence-corrected chi connectivity index (χ4v) is 5.32. The molecule has 6 rings (SSSR count). The highest BCUT2D eigenvalue weighted by atomic mass is 16.5. The Bertz CT molecular complexity index is 1280. The fourth-order valence-electron chi connectivity index (χ4n) is 5.32. The average molecular weight is 489 g/mol. The van der Waals surface area contributed by atoms with Gasteiger partial charge in [0.1, 0.15) is 23.6 Å². The number of nitrogens with one attached hydrogen (secondary N) is 2. The van der Waals surface area contributed by atoms with Gasteiger partial charge in [-0.15, -0.1) is 0 Å². The lowest BCUT2D eigenvalue weighted by molar-refractivity contribution is 0.0743. The smallest absolute Gasteiger partial charge is 0.322 e. The number of aromatic amines is 1. The van der Waals surface area contributed by atoms with Gasteiger partial charge in [-0.2, -0.15) is 5.10 Å². The number of carbonyl (C=O) groups excluding carboxylic acids is 2. The first kappa shape index (κ1) is 22.3. The van der Waals surface area contributed by atoms with Gasteiger partial charge in [0.2, 0.25) is 0 Å². The third-order valence-corrected chi connectivity index (χ3v) is 7.34. The summed E-state index contributed by atoms with van der Waals surface area (Å²) in [7, 11) is 1.65. The summed E-state index contributed by atoms with van der Waals surface area (Å²) in [5.41, 5.74) is 4.34. The molecule has 1 saturated heterocycles. The number of methoxy groups -OCH3 is 1. The molecule has 0 radical (unpaired) electrons. The Labute approximate surface area is 208 Å². The molecule has 0 saturated carbocycles. The van der Waals surface area contributed by atoms with Gasteiger partial charge in [-0.05, 0) is 43.0 Å². The van der Waals surface area contributed by atoms with Crippen molar-refractivity contribution in [3.8, 4) is 5.75 Å². The van der Waals surface area contributed by atoms with Crippen LogP contribution in [0.15, 0.2) is 36.8 Å². The van der Waals surface area contributed by atoms with E-state index >= 15 is 0 Å². The summed E-state index contributed by atoms with van der Waals surface area (Å²) in [5.74, 6) is 1.42. The maximum atomic E-state index is 13.0. The number of hydrogen-bond acceptors (Lipinski definition) is 7. The van der Waals surface area contributed by atoms with E-state index in [-0.39, 0.29) is 18.0 Å². The SMILES string of the molecule is COc1ccc2c(c1)CCN(C1CCN(c3cc(C(=O)N4Cc5cn[nH]c5C4)ncn3)CC1)C(=O)N2. The number of piperidine rings is 1. The molecule has 5 heterocycles. The van der Waals surface area contributed by atoms with Crippen LogP contribution in [0, 0.1) is 0 Å². The number of ether oxygens (including phenoxy) is 1. The van der Waals surface area contributed by atoms with E-state index in [0.29, 0.717) is 25.3 Å². The van der Waals surface area contributed by atoms with Crippen molar-refractivity contribution in [2.24, 2.45) is 0 Å². The zero-order chi connectivity index (χ0) is 24.6. The summed E-state index contributed by atoms with van der Waals surface area (Å²) in [6, 6.07) is 7.63. The molecule has 3 aliphatic heterocycles. The topological polar surface area (TPSA) is 120 Å². The van der Waals surface area contributed by atoms with Crippen molar-refractivity contribution in [2.45, 2.75) is 38.4 Å². The fraction of sp³-hybridized carbons (Fsp3) is 0.400. The predicted octanol–water partition coefficient (Wildman–Crippen LogP) is 2.42. The maximum absolute atomic E-state index is 13.0. The van der Waals surface area contributed by atoms with Crippen molar-refractivity contribution in [1.29, 1.82) is 0 Å². The molecule has 1 aromatic carbocycles. The number of amides is 3. The van der Waals surface area contributed by atoms with Crippen LogP contribution in [0.2, 0.25) is 0 Å². The van der Waals surface area contributed by atoms with Crippen molar-refractivity contribution < 1.29 is 14.3 Å². The molecule has 3 amide bonds. The predicted molar refractivity (Wildman–Crippen MR) is 132 cm³/mol. The molecule has 2 N–H and O–H groups in total. The molecule has 0 aliphatic carbocycles. The number of benzene rings is 1. The van der Waals surface area contributed by atoms with Gasteiger partial charge in [-0.3, -0.25) is 9.89 Å². The zero-order valence-electron chi connectivity index (χ0n) is 20.1. The Hall–Kier alpha value is -4.15. The lowest BCUT2D eigenvalue weighted by Crippen LogP contribution is -2.49. The number of rotatable bonds is 4. The molecule has 186 valence electrons. The van der Waals surface area contributed by atoms with Gasteiger partial charge in [0.25, 0.3) is 5.91 Å². The van der Waals surface area contributed by atoms with Gasteiger partial charge in [0, 0.05) is 49.5 Å². The Morgan fingerprint density at radius 1 is 1.08 bits per heavy atom. The van der Waals surface area contributed by atoms with Gasteiger partial charge < -0.3 is 24.8 Å². The van der Waals surface area contributed by atoms with Crippen molar-refractivity contribution in [3.63, 3.8) is 0 Å². The third-order valence-electron chi connectivity index (χ3n) is 7.34. The minimum atomic E-state index is -0.115. The van der Waals surface area contributed by atoms with Crippen molar-refractivity contribution >= 4 is 23.4 Å². The summed E-state index contributed by atoms with van der Waals surface area (Å²) >= 11 is 0. The van der Waals surface area contributed by atoms with Crippen molar-refractivity contribution in [1.82, 2.24) is 30.0 Å². The van der Waals surface area contributed by atoms with Gasteiger partial charge in [-0.1, -0.05) is 0 Å². The lowest BCUT2D eigenvalue weighted by Gasteiger charge is -2.38. The summed E-state index contributed by atoms with van der Waals surface area (Å²) < 4.78 is 5.34. The van der Waals surface area contributed by atoms with E-state index in [2.05, 4.69) is 30.4 Å². The molecule has 0 bridgehead atoms. The first-order valence-corrected chi connectivity index (χ1v) is 12.2.